The Kier molecular flexibility index (Phi) is 3.37. The molecule has 2 aromatic rings. The third-order valence-corrected chi connectivity index (χ3v) is 3.95. The average Bonchev–Trinajstić information content (AvgIpc) is 2.91. The fourth-order valence-electron chi connectivity index (χ4n) is 2.78. The maximum absolute atomic E-state index is 12.7. The van der Waals surface area contributed by atoms with E-state index in [0.717, 1.165) is 18.5 Å². The smallest absolute Gasteiger partial charge is 0.274 e. The van der Waals surface area contributed by atoms with E-state index in [-0.39, 0.29) is 5.91 Å². The minimum absolute atomic E-state index is 0.117. The number of aromatic nitrogens is 4. The molecule has 0 aromatic carbocycles. The van der Waals surface area contributed by atoms with Gasteiger partial charge in [0.25, 0.3) is 5.91 Å². The molecule has 108 valence electrons. The van der Waals surface area contributed by atoms with Crippen molar-refractivity contribution >= 4 is 5.91 Å². The van der Waals surface area contributed by atoms with Crippen molar-refractivity contribution in [1.82, 2.24) is 24.8 Å². The lowest BCUT2D eigenvalue weighted by Gasteiger charge is -2.33. The molecular weight excluding hydrogens is 266 g/mol. The molecule has 1 amide bonds. The molecule has 6 heteroatoms. The summed E-state index contributed by atoms with van der Waals surface area (Å²) >= 11 is 0. The lowest BCUT2D eigenvalue weighted by atomic mass is 9.97. The second kappa shape index (κ2) is 5.20. The fraction of sp³-hybridized carbons (Fsp3) is 0.400. The molecular formula is C15H17N5O. The Bertz CT molecular complexity index is 660. The minimum atomic E-state index is -0.485. The molecule has 0 spiro atoms. The van der Waals surface area contributed by atoms with E-state index in [1.54, 1.807) is 12.4 Å². The van der Waals surface area contributed by atoms with Crippen LogP contribution in [0.2, 0.25) is 0 Å². The standard InChI is InChI=1S/C15H17N5O/c1-11-4-6-18-14(19-11)15(2)5-3-9-20(15)13(21)12-10-16-7-8-17-12/h4,6-8,10H,3,5,9H2,1-2H3/t15-/m1/s1. The van der Waals surface area contributed by atoms with Crippen LogP contribution in [0.5, 0.6) is 0 Å². The topological polar surface area (TPSA) is 71.9 Å². The quantitative estimate of drug-likeness (QED) is 0.839. The Morgan fingerprint density at radius 2 is 2.14 bits per heavy atom. The maximum Gasteiger partial charge on any atom is 0.274 e. The van der Waals surface area contributed by atoms with Crippen molar-refractivity contribution in [2.75, 3.05) is 6.54 Å². The van der Waals surface area contributed by atoms with E-state index in [1.807, 2.05) is 24.8 Å². The van der Waals surface area contributed by atoms with Gasteiger partial charge in [0.15, 0.2) is 5.82 Å². The fourth-order valence-corrected chi connectivity index (χ4v) is 2.78. The molecule has 3 heterocycles. The van der Waals surface area contributed by atoms with Gasteiger partial charge in [-0.15, -0.1) is 0 Å². The molecule has 3 rings (SSSR count). The van der Waals surface area contributed by atoms with E-state index in [4.69, 9.17) is 0 Å². The van der Waals surface area contributed by atoms with Gasteiger partial charge in [-0.25, -0.2) is 15.0 Å². The van der Waals surface area contributed by atoms with Crippen molar-refractivity contribution in [2.24, 2.45) is 0 Å². The zero-order valence-corrected chi connectivity index (χ0v) is 12.2. The summed E-state index contributed by atoms with van der Waals surface area (Å²) in [7, 11) is 0. The van der Waals surface area contributed by atoms with Gasteiger partial charge in [0.1, 0.15) is 11.2 Å². The Morgan fingerprint density at radius 3 is 2.86 bits per heavy atom. The van der Waals surface area contributed by atoms with Crippen molar-refractivity contribution in [1.29, 1.82) is 0 Å². The van der Waals surface area contributed by atoms with Gasteiger partial charge < -0.3 is 4.90 Å². The van der Waals surface area contributed by atoms with E-state index in [0.29, 0.717) is 18.1 Å². The predicted octanol–water partition coefficient (Wildman–Crippen LogP) is 1.73. The molecule has 21 heavy (non-hydrogen) atoms. The summed E-state index contributed by atoms with van der Waals surface area (Å²) < 4.78 is 0. The van der Waals surface area contributed by atoms with Crippen LogP contribution in [0.1, 0.15) is 41.8 Å². The molecule has 0 aliphatic carbocycles. The normalized spacial score (nSPS) is 21.5. The second-order valence-corrected chi connectivity index (χ2v) is 5.45. The Morgan fingerprint density at radius 1 is 1.29 bits per heavy atom. The lowest BCUT2D eigenvalue weighted by molar-refractivity contribution is 0.0597. The highest BCUT2D eigenvalue weighted by Gasteiger charge is 2.44. The molecule has 0 saturated carbocycles. The number of carbonyl (C=O) groups excluding carboxylic acids is 1. The number of amides is 1. The summed E-state index contributed by atoms with van der Waals surface area (Å²) in [5.41, 5.74) is 0.777. The number of rotatable bonds is 2. The van der Waals surface area contributed by atoms with Crippen molar-refractivity contribution in [3.05, 3.63) is 48.1 Å². The zero-order chi connectivity index (χ0) is 14.9. The van der Waals surface area contributed by atoms with Crippen LogP contribution >= 0.6 is 0 Å². The van der Waals surface area contributed by atoms with Crippen LogP contribution < -0.4 is 0 Å². The SMILES string of the molecule is Cc1ccnc([C@@]2(C)CCCN2C(=O)c2cnccn2)n1. The predicted molar refractivity (Wildman–Crippen MR) is 76.4 cm³/mol. The van der Waals surface area contributed by atoms with Crippen LogP contribution in [0.25, 0.3) is 0 Å². The van der Waals surface area contributed by atoms with Crippen LogP contribution in [0.3, 0.4) is 0 Å². The Labute approximate surface area is 123 Å². The van der Waals surface area contributed by atoms with Gasteiger partial charge in [-0.3, -0.25) is 9.78 Å². The highest BCUT2D eigenvalue weighted by molar-refractivity contribution is 5.92. The summed E-state index contributed by atoms with van der Waals surface area (Å²) in [6.45, 7) is 4.63. The molecule has 1 aliphatic rings. The number of hydrogen-bond donors (Lipinski definition) is 0. The highest BCUT2D eigenvalue weighted by Crippen LogP contribution is 2.37. The maximum atomic E-state index is 12.7. The van der Waals surface area contributed by atoms with Crippen molar-refractivity contribution in [3.63, 3.8) is 0 Å². The van der Waals surface area contributed by atoms with Crippen molar-refractivity contribution < 1.29 is 4.79 Å². The Hall–Kier alpha value is -2.37. The van der Waals surface area contributed by atoms with Gasteiger partial charge in [-0.2, -0.15) is 0 Å². The van der Waals surface area contributed by atoms with E-state index in [1.165, 1.54) is 12.4 Å². The first kappa shape index (κ1) is 13.6. The molecule has 1 fully saturated rings. The molecule has 0 N–H and O–H groups in total. The average molecular weight is 283 g/mol. The van der Waals surface area contributed by atoms with Gasteiger partial charge in [0.2, 0.25) is 0 Å². The molecule has 0 radical (unpaired) electrons. The molecule has 2 aromatic heterocycles. The molecule has 1 aliphatic heterocycles. The largest absolute Gasteiger partial charge is 0.325 e. The first-order chi connectivity index (χ1) is 10.1. The van der Waals surface area contributed by atoms with Crippen LogP contribution in [-0.4, -0.2) is 37.3 Å². The van der Waals surface area contributed by atoms with E-state index in [2.05, 4.69) is 19.9 Å². The number of hydrogen-bond acceptors (Lipinski definition) is 5. The van der Waals surface area contributed by atoms with Crippen LogP contribution in [0.15, 0.2) is 30.9 Å². The monoisotopic (exact) mass is 283 g/mol. The van der Waals surface area contributed by atoms with Crippen LogP contribution in [0, 0.1) is 6.92 Å². The van der Waals surface area contributed by atoms with E-state index < -0.39 is 5.54 Å². The molecule has 0 unspecified atom stereocenters. The highest BCUT2D eigenvalue weighted by atomic mass is 16.2. The number of aryl methyl sites for hydroxylation is 1. The Balaban J connectivity index is 1.97. The third-order valence-electron chi connectivity index (χ3n) is 3.95. The van der Waals surface area contributed by atoms with Crippen molar-refractivity contribution in [2.45, 2.75) is 32.2 Å². The number of carbonyl (C=O) groups is 1. The molecule has 1 atom stereocenters. The first-order valence-electron chi connectivity index (χ1n) is 6.99. The van der Waals surface area contributed by atoms with Gasteiger partial charge in [-0.1, -0.05) is 0 Å². The summed E-state index contributed by atoms with van der Waals surface area (Å²) in [5.74, 6) is 0.574. The zero-order valence-electron chi connectivity index (χ0n) is 12.2. The van der Waals surface area contributed by atoms with Gasteiger partial charge in [0, 0.05) is 30.8 Å². The summed E-state index contributed by atoms with van der Waals surface area (Å²) in [6, 6.07) is 1.86. The van der Waals surface area contributed by atoms with Crippen LogP contribution in [-0.2, 0) is 5.54 Å². The number of nitrogens with zero attached hydrogens (tertiary/aromatic N) is 5. The summed E-state index contributed by atoms with van der Waals surface area (Å²) in [4.78, 5) is 31.5. The first-order valence-corrected chi connectivity index (χ1v) is 6.99. The number of likely N-dealkylation sites (tertiary alicyclic amines) is 1. The van der Waals surface area contributed by atoms with Gasteiger partial charge in [0.05, 0.1) is 6.20 Å². The summed E-state index contributed by atoms with van der Waals surface area (Å²) in [6.07, 6.45) is 8.11. The lowest BCUT2D eigenvalue weighted by Crippen LogP contribution is -2.44. The summed E-state index contributed by atoms with van der Waals surface area (Å²) in [5, 5.41) is 0. The van der Waals surface area contributed by atoms with Gasteiger partial charge >= 0.3 is 0 Å². The van der Waals surface area contributed by atoms with Crippen LogP contribution in [0.4, 0.5) is 0 Å². The molecule has 1 saturated heterocycles. The van der Waals surface area contributed by atoms with E-state index in [9.17, 15) is 4.79 Å². The minimum Gasteiger partial charge on any atom is -0.325 e. The third kappa shape index (κ3) is 2.37. The second-order valence-electron chi connectivity index (χ2n) is 5.45. The van der Waals surface area contributed by atoms with Gasteiger partial charge in [-0.05, 0) is 32.8 Å². The van der Waals surface area contributed by atoms with E-state index >= 15 is 0 Å². The molecule has 6 nitrogen and oxygen atoms in total. The molecule has 0 bridgehead atoms. The van der Waals surface area contributed by atoms with Crippen molar-refractivity contribution in [3.8, 4) is 0 Å².